The average Bonchev–Trinajstić information content (AvgIpc) is 2.93. The van der Waals surface area contributed by atoms with Gasteiger partial charge in [0.1, 0.15) is 11.7 Å². The number of carbonyl (C=O) groups excluding carboxylic acids is 1. The van der Waals surface area contributed by atoms with Crippen LogP contribution in [0.25, 0.3) is 10.9 Å². The molecule has 1 aromatic carbocycles. The number of fused-ring (bicyclic) bond motifs is 1. The highest BCUT2D eigenvalue weighted by Gasteiger charge is 2.34. The van der Waals surface area contributed by atoms with Gasteiger partial charge in [-0.15, -0.1) is 0 Å². The van der Waals surface area contributed by atoms with Crippen LogP contribution in [0.5, 0.6) is 0 Å². The zero-order valence-corrected chi connectivity index (χ0v) is 15.5. The molecular formula is C19H26FN3O3. The SMILES string of the molecule is CC(C)(C)[C@H](NC(=O)c1c2ccccc2nn1CCCCCF)C(=O)O. The monoisotopic (exact) mass is 363 g/mol. The highest BCUT2D eigenvalue weighted by molar-refractivity contribution is 6.06. The lowest BCUT2D eigenvalue weighted by Gasteiger charge is -2.27. The van der Waals surface area contributed by atoms with Gasteiger partial charge in [0.25, 0.3) is 5.91 Å². The molecule has 1 amide bonds. The van der Waals surface area contributed by atoms with E-state index in [2.05, 4.69) is 10.4 Å². The van der Waals surface area contributed by atoms with Crippen molar-refractivity contribution in [3.8, 4) is 0 Å². The third-order valence-corrected chi connectivity index (χ3v) is 4.25. The maximum atomic E-state index is 12.9. The summed E-state index contributed by atoms with van der Waals surface area (Å²) in [7, 11) is 0. The number of hydrogen-bond donors (Lipinski definition) is 2. The number of nitrogens with zero attached hydrogens (tertiary/aromatic N) is 2. The molecule has 1 aromatic heterocycles. The number of hydrogen-bond acceptors (Lipinski definition) is 3. The summed E-state index contributed by atoms with van der Waals surface area (Å²) in [6.07, 6.45) is 1.88. The zero-order chi connectivity index (χ0) is 19.3. The van der Waals surface area contributed by atoms with Crippen molar-refractivity contribution in [1.82, 2.24) is 15.1 Å². The summed E-state index contributed by atoms with van der Waals surface area (Å²) in [5, 5.41) is 17.2. The Balaban J connectivity index is 2.33. The van der Waals surface area contributed by atoms with E-state index in [-0.39, 0.29) is 6.67 Å². The highest BCUT2D eigenvalue weighted by atomic mass is 19.1. The second-order valence-corrected chi connectivity index (χ2v) is 7.45. The topological polar surface area (TPSA) is 84.2 Å². The van der Waals surface area contributed by atoms with Gasteiger partial charge in [0.2, 0.25) is 0 Å². The smallest absolute Gasteiger partial charge is 0.326 e. The lowest BCUT2D eigenvalue weighted by Crippen LogP contribution is -2.49. The Kier molecular flexibility index (Phi) is 6.34. The zero-order valence-electron chi connectivity index (χ0n) is 15.5. The molecule has 0 aliphatic rings. The van der Waals surface area contributed by atoms with E-state index in [9.17, 15) is 19.1 Å². The molecule has 0 unspecified atom stereocenters. The Morgan fingerprint density at radius 1 is 1.23 bits per heavy atom. The number of benzene rings is 1. The van der Waals surface area contributed by atoms with E-state index < -0.39 is 23.3 Å². The maximum absolute atomic E-state index is 12.9. The fraction of sp³-hybridized carbons (Fsp3) is 0.526. The second kappa shape index (κ2) is 8.29. The largest absolute Gasteiger partial charge is 0.480 e. The molecule has 6 nitrogen and oxygen atoms in total. The normalized spacial score (nSPS) is 12.9. The van der Waals surface area contributed by atoms with Gasteiger partial charge in [-0.25, -0.2) is 4.79 Å². The van der Waals surface area contributed by atoms with Gasteiger partial charge in [-0.1, -0.05) is 39.0 Å². The number of nitrogens with one attached hydrogen (secondary N) is 1. The molecule has 7 heteroatoms. The standard InChI is InChI=1S/C19H26FN3O3/c1-19(2,3)16(18(25)26)21-17(24)15-13-9-5-6-10-14(13)22-23(15)12-8-4-7-11-20/h5-6,9-10,16H,4,7-8,11-12H2,1-3H3,(H,21,24)(H,25,26)/t16-/m1/s1. The van der Waals surface area contributed by atoms with Gasteiger partial charge in [-0.3, -0.25) is 13.9 Å². The van der Waals surface area contributed by atoms with Crippen LogP contribution in [0.3, 0.4) is 0 Å². The predicted molar refractivity (Wildman–Crippen MR) is 97.9 cm³/mol. The van der Waals surface area contributed by atoms with Crippen molar-refractivity contribution in [2.75, 3.05) is 6.67 Å². The van der Waals surface area contributed by atoms with Crippen LogP contribution in [0.4, 0.5) is 4.39 Å². The number of unbranched alkanes of at least 4 members (excludes halogenated alkanes) is 2. The summed E-state index contributed by atoms with van der Waals surface area (Å²) in [6, 6.07) is 6.22. The van der Waals surface area contributed by atoms with Crippen LogP contribution in [0, 0.1) is 5.41 Å². The first kappa shape index (κ1) is 19.9. The Hall–Kier alpha value is -2.44. The second-order valence-electron chi connectivity index (χ2n) is 7.45. The van der Waals surface area contributed by atoms with Crippen molar-refractivity contribution < 1.29 is 19.1 Å². The third-order valence-electron chi connectivity index (χ3n) is 4.25. The summed E-state index contributed by atoms with van der Waals surface area (Å²) in [5.41, 5.74) is 0.380. The molecule has 2 rings (SSSR count). The minimum atomic E-state index is -1.08. The van der Waals surface area contributed by atoms with Crippen LogP contribution in [-0.4, -0.2) is 39.5 Å². The highest BCUT2D eigenvalue weighted by Crippen LogP contribution is 2.23. The van der Waals surface area contributed by atoms with Crippen LogP contribution in [-0.2, 0) is 11.3 Å². The number of aryl methyl sites for hydroxylation is 1. The molecule has 1 heterocycles. The number of carboxylic acids is 1. The van der Waals surface area contributed by atoms with E-state index in [0.717, 1.165) is 0 Å². The first-order valence-corrected chi connectivity index (χ1v) is 8.81. The molecule has 0 aliphatic carbocycles. The number of aliphatic carboxylic acids is 1. The van der Waals surface area contributed by atoms with Crippen LogP contribution in [0.1, 0.15) is 50.5 Å². The summed E-state index contributed by atoms with van der Waals surface area (Å²) >= 11 is 0. The van der Waals surface area contributed by atoms with Crippen LogP contribution < -0.4 is 5.32 Å². The number of carboxylic acid groups (broad SMARTS) is 1. The number of alkyl halides is 1. The molecule has 0 fully saturated rings. The number of rotatable bonds is 8. The third kappa shape index (κ3) is 4.59. The average molecular weight is 363 g/mol. The molecule has 26 heavy (non-hydrogen) atoms. The van der Waals surface area contributed by atoms with Crippen molar-refractivity contribution in [3.05, 3.63) is 30.0 Å². The molecule has 0 saturated carbocycles. The van der Waals surface area contributed by atoms with E-state index in [0.29, 0.717) is 42.4 Å². The summed E-state index contributed by atoms with van der Waals surface area (Å²) < 4.78 is 13.9. The minimum Gasteiger partial charge on any atom is -0.480 e. The molecule has 0 radical (unpaired) electrons. The van der Waals surface area contributed by atoms with Crippen LogP contribution in [0.2, 0.25) is 0 Å². The Morgan fingerprint density at radius 3 is 2.54 bits per heavy atom. The van der Waals surface area contributed by atoms with Gasteiger partial charge < -0.3 is 10.4 Å². The summed E-state index contributed by atoms with van der Waals surface area (Å²) in [5.74, 6) is -1.55. The molecule has 142 valence electrons. The van der Waals surface area contributed by atoms with Gasteiger partial charge >= 0.3 is 5.97 Å². The molecular weight excluding hydrogens is 337 g/mol. The molecule has 0 aliphatic heterocycles. The Labute approximate surface area is 152 Å². The fourth-order valence-electron chi connectivity index (χ4n) is 2.86. The van der Waals surface area contributed by atoms with Crippen molar-refractivity contribution in [1.29, 1.82) is 0 Å². The first-order valence-electron chi connectivity index (χ1n) is 8.81. The van der Waals surface area contributed by atoms with E-state index in [1.165, 1.54) is 0 Å². The van der Waals surface area contributed by atoms with Crippen molar-refractivity contribution in [2.45, 2.75) is 52.6 Å². The first-order chi connectivity index (χ1) is 12.3. The van der Waals surface area contributed by atoms with Crippen molar-refractivity contribution in [3.63, 3.8) is 0 Å². The molecule has 1 atom stereocenters. The quantitative estimate of drug-likeness (QED) is 0.704. The Morgan fingerprint density at radius 2 is 1.92 bits per heavy atom. The number of aromatic nitrogens is 2. The van der Waals surface area contributed by atoms with Crippen LogP contribution >= 0.6 is 0 Å². The lowest BCUT2D eigenvalue weighted by molar-refractivity contribution is -0.142. The van der Waals surface area contributed by atoms with Gasteiger partial charge in [0.05, 0.1) is 12.2 Å². The molecule has 2 N–H and O–H groups in total. The fourth-order valence-corrected chi connectivity index (χ4v) is 2.86. The molecule has 0 spiro atoms. The summed E-state index contributed by atoms with van der Waals surface area (Å²) in [6.45, 7) is 5.40. The van der Waals surface area contributed by atoms with Crippen molar-refractivity contribution in [2.24, 2.45) is 5.41 Å². The molecule has 0 saturated heterocycles. The van der Waals surface area contributed by atoms with E-state index in [1.807, 2.05) is 18.2 Å². The van der Waals surface area contributed by atoms with Gasteiger partial charge in [-0.05, 0) is 30.7 Å². The van der Waals surface area contributed by atoms with E-state index in [4.69, 9.17) is 0 Å². The van der Waals surface area contributed by atoms with Gasteiger partial charge in [-0.2, -0.15) is 5.10 Å². The van der Waals surface area contributed by atoms with E-state index in [1.54, 1.807) is 31.5 Å². The number of carbonyl (C=O) groups is 2. The van der Waals surface area contributed by atoms with Gasteiger partial charge in [0.15, 0.2) is 0 Å². The molecule has 0 bridgehead atoms. The maximum Gasteiger partial charge on any atom is 0.326 e. The van der Waals surface area contributed by atoms with E-state index >= 15 is 0 Å². The predicted octanol–water partition coefficient (Wildman–Crippen LogP) is 3.41. The number of amides is 1. The lowest BCUT2D eigenvalue weighted by atomic mass is 9.86. The van der Waals surface area contributed by atoms with Crippen LogP contribution in [0.15, 0.2) is 24.3 Å². The Bertz CT molecular complexity index is 780. The minimum absolute atomic E-state index is 0.344. The summed E-state index contributed by atoms with van der Waals surface area (Å²) in [4.78, 5) is 24.5. The number of halogens is 1. The van der Waals surface area contributed by atoms with Gasteiger partial charge in [0, 0.05) is 11.9 Å². The van der Waals surface area contributed by atoms with Crippen molar-refractivity contribution >= 4 is 22.8 Å². The molecule has 2 aromatic rings.